The molecule has 1 heterocycles. The highest BCUT2D eigenvalue weighted by Gasteiger charge is 2.15. The summed E-state index contributed by atoms with van der Waals surface area (Å²) in [4.78, 5) is 11.3. The van der Waals surface area contributed by atoms with Crippen molar-refractivity contribution in [2.24, 2.45) is 0 Å². The second-order valence-electron chi connectivity index (χ2n) is 6.18. The number of ether oxygens (including phenoxy) is 2. The van der Waals surface area contributed by atoms with Crippen molar-refractivity contribution in [3.63, 3.8) is 0 Å². The van der Waals surface area contributed by atoms with Crippen molar-refractivity contribution >= 4 is 17.5 Å². The van der Waals surface area contributed by atoms with E-state index in [4.69, 9.17) is 9.47 Å². The highest BCUT2D eigenvalue weighted by molar-refractivity contribution is 7.99. The van der Waals surface area contributed by atoms with Crippen LogP contribution in [0.2, 0.25) is 0 Å². The Kier molecular flexibility index (Phi) is 7.22. The third-order valence-corrected chi connectivity index (χ3v) is 5.16. The van der Waals surface area contributed by atoms with Gasteiger partial charge in [0.15, 0.2) is 11.0 Å². The van der Waals surface area contributed by atoms with E-state index in [2.05, 4.69) is 22.3 Å². The van der Waals surface area contributed by atoms with Gasteiger partial charge in [-0.3, -0.25) is 4.79 Å². The Morgan fingerprint density at radius 3 is 2.57 bits per heavy atom. The number of Topliss-reactive ketones (excluding diaryl/α,β-unsaturated/α-hetero) is 1. The summed E-state index contributed by atoms with van der Waals surface area (Å²) >= 11 is 1.38. The van der Waals surface area contributed by atoms with E-state index in [-0.39, 0.29) is 12.4 Å². The van der Waals surface area contributed by atoms with E-state index in [9.17, 15) is 4.79 Å². The molecule has 3 rings (SSSR count). The van der Waals surface area contributed by atoms with Crippen LogP contribution in [0.5, 0.6) is 5.75 Å². The minimum Gasteiger partial charge on any atom is -0.485 e. The van der Waals surface area contributed by atoms with Gasteiger partial charge in [-0.1, -0.05) is 60.3 Å². The molecule has 6 nitrogen and oxygen atoms in total. The number of para-hydroxylation sites is 1. The Morgan fingerprint density at radius 1 is 1.07 bits per heavy atom. The van der Waals surface area contributed by atoms with Crippen LogP contribution in [0, 0.1) is 0 Å². The van der Waals surface area contributed by atoms with Crippen LogP contribution in [0.3, 0.4) is 0 Å². The molecule has 0 aliphatic heterocycles. The van der Waals surface area contributed by atoms with E-state index in [1.807, 2.05) is 47.0 Å². The average molecular weight is 398 g/mol. The number of thioether (sulfide) groups is 1. The van der Waals surface area contributed by atoms with Gasteiger partial charge in [-0.15, -0.1) is 10.2 Å². The lowest BCUT2D eigenvalue weighted by atomic mass is 10.1. The summed E-state index contributed by atoms with van der Waals surface area (Å²) in [6.45, 7) is 2.97. The van der Waals surface area contributed by atoms with Gasteiger partial charge in [-0.2, -0.15) is 0 Å². The summed E-state index contributed by atoms with van der Waals surface area (Å²) in [5.74, 6) is 1.95. The molecule has 0 bridgehead atoms. The Hall–Kier alpha value is -2.64. The van der Waals surface area contributed by atoms with Crippen molar-refractivity contribution in [2.45, 2.75) is 25.2 Å². The second kappa shape index (κ2) is 10.1. The zero-order valence-corrected chi connectivity index (χ0v) is 16.8. The van der Waals surface area contributed by atoms with E-state index in [1.165, 1.54) is 11.8 Å². The first-order valence-corrected chi connectivity index (χ1v) is 9.98. The number of carbonyl (C=O) groups is 1. The molecule has 0 fully saturated rings. The van der Waals surface area contributed by atoms with E-state index >= 15 is 0 Å². The van der Waals surface area contributed by atoms with Gasteiger partial charge in [0.25, 0.3) is 0 Å². The predicted octanol–water partition coefficient (Wildman–Crippen LogP) is 3.85. The summed E-state index contributed by atoms with van der Waals surface area (Å²) in [6, 6.07) is 18.0. The molecule has 0 atom stereocenters. The number of carbonyl (C=O) groups excluding carboxylic acids is 1. The summed E-state index contributed by atoms with van der Waals surface area (Å²) in [5.41, 5.74) is 2.12. The number of ketones is 1. The van der Waals surface area contributed by atoms with E-state index in [0.717, 1.165) is 16.9 Å². The number of aromatic nitrogens is 3. The van der Waals surface area contributed by atoms with Gasteiger partial charge >= 0.3 is 0 Å². The van der Waals surface area contributed by atoms with Crippen LogP contribution in [0.4, 0.5) is 0 Å². The summed E-state index contributed by atoms with van der Waals surface area (Å²) in [7, 11) is 1.65. The second-order valence-corrected chi connectivity index (χ2v) is 7.13. The fourth-order valence-electron chi connectivity index (χ4n) is 2.70. The maximum atomic E-state index is 11.3. The minimum absolute atomic E-state index is 0.0980. The molecular formula is C21H23N3O3S. The van der Waals surface area contributed by atoms with Gasteiger partial charge in [-0.05, 0) is 18.6 Å². The highest BCUT2D eigenvalue weighted by atomic mass is 32.2. The quantitative estimate of drug-likeness (QED) is 0.484. The summed E-state index contributed by atoms with van der Waals surface area (Å²) < 4.78 is 13.2. The van der Waals surface area contributed by atoms with Crippen molar-refractivity contribution in [3.05, 3.63) is 60.4 Å². The van der Waals surface area contributed by atoms with Crippen LogP contribution in [-0.2, 0) is 22.7 Å². The number of hydrogen-bond donors (Lipinski definition) is 0. The standard InChI is InChI=1S/C21H23N3O3S/c1-16(25)15-28-21-23-22-20(24(21)12-13-26-2)14-27-19-11-7-6-10-18(19)17-8-4-3-5-9-17/h3-11H,12-15H2,1-2H3. The third-order valence-electron chi connectivity index (χ3n) is 4.05. The van der Waals surface area contributed by atoms with Crippen LogP contribution in [-0.4, -0.2) is 40.0 Å². The van der Waals surface area contributed by atoms with E-state index in [0.29, 0.717) is 29.9 Å². The van der Waals surface area contributed by atoms with Crippen molar-refractivity contribution in [1.29, 1.82) is 0 Å². The lowest BCUT2D eigenvalue weighted by molar-refractivity contribution is -0.114. The molecular weight excluding hydrogens is 374 g/mol. The fourth-order valence-corrected chi connectivity index (χ4v) is 3.48. The third kappa shape index (κ3) is 5.21. The van der Waals surface area contributed by atoms with Gasteiger partial charge in [0, 0.05) is 19.2 Å². The molecule has 1 aromatic heterocycles. The normalized spacial score (nSPS) is 10.8. The van der Waals surface area contributed by atoms with Gasteiger partial charge < -0.3 is 14.0 Å². The first kappa shape index (κ1) is 20.1. The number of rotatable bonds is 10. The van der Waals surface area contributed by atoms with Gasteiger partial charge in [0.05, 0.1) is 12.4 Å². The number of benzene rings is 2. The van der Waals surface area contributed by atoms with Crippen molar-refractivity contribution in [3.8, 4) is 16.9 Å². The lowest BCUT2D eigenvalue weighted by Crippen LogP contribution is -2.12. The van der Waals surface area contributed by atoms with Gasteiger partial charge in [0.2, 0.25) is 0 Å². The highest BCUT2D eigenvalue weighted by Crippen LogP contribution is 2.30. The minimum atomic E-state index is 0.0980. The van der Waals surface area contributed by atoms with E-state index < -0.39 is 0 Å². The molecule has 0 aliphatic carbocycles. The number of methoxy groups -OCH3 is 1. The Labute approximate surface area is 168 Å². The average Bonchev–Trinajstić information content (AvgIpc) is 3.11. The molecule has 0 aliphatic rings. The first-order valence-electron chi connectivity index (χ1n) is 8.99. The molecule has 0 N–H and O–H groups in total. The SMILES string of the molecule is COCCn1c(COc2ccccc2-c2ccccc2)nnc1SCC(C)=O. The Balaban J connectivity index is 1.78. The molecule has 0 unspecified atom stereocenters. The van der Waals surface area contributed by atoms with Crippen molar-refractivity contribution in [1.82, 2.24) is 14.8 Å². The zero-order valence-electron chi connectivity index (χ0n) is 16.0. The smallest absolute Gasteiger partial charge is 0.191 e. The molecule has 0 amide bonds. The molecule has 0 spiro atoms. The Bertz CT molecular complexity index is 912. The van der Waals surface area contributed by atoms with Crippen molar-refractivity contribution < 1.29 is 14.3 Å². The van der Waals surface area contributed by atoms with Gasteiger partial charge in [0.1, 0.15) is 18.1 Å². The summed E-state index contributed by atoms with van der Waals surface area (Å²) in [6.07, 6.45) is 0. The maximum Gasteiger partial charge on any atom is 0.191 e. The Morgan fingerprint density at radius 2 is 1.82 bits per heavy atom. The van der Waals surface area contributed by atoms with Crippen LogP contribution in [0.1, 0.15) is 12.7 Å². The number of hydrogen-bond acceptors (Lipinski definition) is 6. The van der Waals surface area contributed by atoms with Crippen LogP contribution < -0.4 is 4.74 Å². The summed E-state index contributed by atoms with van der Waals surface area (Å²) in [5, 5.41) is 9.18. The van der Waals surface area contributed by atoms with Gasteiger partial charge in [-0.25, -0.2) is 0 Å². The molecule has 146 valence electrons. The first-order chi connectivity index (χ1) is 13.7. The molecule has 3 aromatic rings. The molecule has 28 heavy (non-hydrogen) atoms. The van der Waals surface area contributed by atoms with Crippen molar-refractivity contribution in [2.75, 3.05) is 19.5 Å². The monoisotopic (exact) mass is 397 g/mol. The number of nitrogens with zero attached hydrogens (tertiary/aromatic N) is 3. The van der Waals surface area contributed by atoms with E-state index in [1.54, 1.807) is 14.0 Å². The lowest BCUT2D eigenvalue weighted by Gasteiger charge is -2.13. The largest absolute Gasteiger partial charge is 0.485 e. The molecule has 0 saturated heterocycles. The molecule has 7 heteroatoms. The molecule has 2 aromatic carbocycles. The predicted molar refractivity (Wildman–Crippen MR) is 110 cm³/mol. The maximum absolute atomic E-state index is 11.3. The molecule has 0 radical (unpaired) electrons. The zero-order chi connectivity index (χ0) is 19.8. The fraction of sp³-hybridized carbons (Fsp3) is 0.286. The van der Waals surface area contributed by atoms with Crippen LogP contribution in [0.15, 0.2) is 59.8 Å². The topological polar surface area (TPSA) is 66.2 Å². The molecule has 0 saturated carbocycles. The van der Waals surface area contributed by atoms with Crippen LogP contribution in [0.25, 0.3) is 11.1 Å². The van der Waals surface area contributed by atoms with Crippen LogP contribution >= 0.6 is 11.8 Å².